The van der Waals surface area contributed by atoms with E-state index in [-0.39, 0.29) is 6.04 Å². The van der Waals surface area contributed by atoms with E-state index < -0.39 is 0 Å². The van der Waals surface area contributed by atoms with E-state index in [1.807, 2.05) is 19.1 Å². The highest BCUT2D eigenvalue weighted by Crippen LogP contribution is 2.33. The van der Waals surface area contributed by atoms with Crippen molar-refractivity contribution in [1.29, 1.82) is 0 Å². The predicted molar refractivity (Wildman–Crippen MR) is 89.3 cm³/mol. The van der Waals surface area contributed by atoms with Crippen molar-refractivity contribution in [3.05, 3.63) is 61.9 Å². The van der Waals surface area contributed by atoms with E-state index in [2.05, 4.69) is 52.1 Å². The highest BCUT2D eigenvalue weighted by atomic mass is 79.9. The van der Waals surface area contributed by atoms with E-state index in [0.29, 0.717) is 0 Å². The number of aryl methyl sites for hydroxylation is 2. The van der Waals surface area contributed by atoms with Gasteiger partial charge in [0.15, 0.2) is 0 Å². The van der Waals surface area contributed by atoms with Crippen LogP contribution in [0.2, 0.25) is 0 Å². The van der Waals surface area contributed by atoms with Crippen LogP contribution in [0.3, 0.4) is 0 Å². The zero-order valence-electron chi connectivity index (χ0n) is 11.4. The van der Waals surface area contributed by atoms with E-state index in [9.17, 15) is 0 Å². The van der Waals surface area contributed by atoms with Crippen molar-refractivity contribution >= 4 is 38.2 Å². The van der Waals surface area contributed by atoms with Crippen LogP contribution in [0.5, 0.6) is 0 Å². The molecule has 0 spiro atoms. The first-order valence-electron chi connectivity index (χ1n) is 6.43. The lowest BCUT2D eigenvalue weighted by Crippen LogP contribution is -2.10. The molecule has 0 bridgehead atoms. The zero-order chi connectivity index (χ0) is 14.3. The average molecular weight is 347 g/mol. The number of rotatable bonds is 2. The Hall–Kier alpha value is -1.23. The summed E-state index contributed by atoms with van der Waals surface area (Å²) in [7, 11) is 0. The molecule has 2 aromatic heterocycles. The summed E-state index contributed by atoms with van der Waals surface area (Å²) >= 11 is 5.26. The Balaban J connectivity index is 2.03. The quantitative estimate of drug-likeness (QED) is 0.728. The summed E-state index contributed by atoms with van der Waals surface area (Å²) < 4.78 is 1.15. The first-order chi connectivity index (χ1) is 9.54. The highest BCUT2D eigenvalue weighted by Gasteiger charge is 2.13. The van der Waals surface area contributed by atoms with Gasteiger partial charge in [-0.2, -0.15) is 0 Å². The fraction of sp³-hybridized carbons (Fsp3) is 0.188. The van der Waals surface area contributed by atoms with E-state index in [0.717, 1.165) is 25.9 Å². The normalized spacial score (nSPS) is 12.8. The molecule has 2 heterocycles. The molecule has 102 valence electrons. The van der Waals surface area contributed by atoms with Crippen LogP contribution in [0.1, 0.15) is 27.7 Å². The Morgan fingerprint density at radius 1 is 1.15 bits per heavy atom. The Kier molecular flexibility index (Phi) is 3.63. The molecule has 0 aliphatic heterocycles. The van der Waals surface area contributed by atoms with Crippen molar-refractivity contribution in [2.24, 2.45) is 5.73 Å². The number of benzene rings is 1. The van der Waals surface area contributed by atoms with E-state index in [4.69, 9.17) is 5.73 Å². The van der Waals surface area contributed by atoms with Gasteiger partial charge >= 0.3 is 0 Å². The third-order valence-corrected chi connectivity index (χ3v) is 5.61. The molecule has 1 atom stereocenters. The minimum Gasteiger partial charge on any atom is -0.320 e. The second-order valence-corrected chi connectivity index (χ2v) is 7.39. The molecule has 0 saturated carbocycles. The molecule has 2 nitrogen and oxygen atoms in total. The zero-order valence-corrected chi connectivity index (χ0v) is 13.8. The van der Waals surface area contributed by atoms with E-state index in [1.165, 1.54) is 10.4 Å². The molecule has 20 heavy (non-hydrogen) atoms. The van der Waals surface area contributed by atoms with Crippen LogP contribution in [0.25, 0.3) is 10.9 Å². The van der Waals surface area contributed by atoms with Gasteiger partial charge in [0.1, 0.15) is 0 Å². The minimum atomic E-state index is -0.0873. The van der Waals surface area contributed by atoms with E-state index >= 15 is 0 Å². The lowest BCUT2D eigenvalue weighted by molar-refractivity contribution is 0.894. The van der Waals surface area contributed by atoms with E-state index in [1.54, 1.807) is 11.3 Å². The smallest absolute Gasteiger partial charge is 0.0731 e. The van der Waals surface area contributed by atoms with Gasteiger partial charge in [0.2, 0.25) is 0 Å². The number of fused-ring (bicyclic) bond motifs is 1. The van der Waals surface area contributed by atoms with Crippen molar-refractivity contribution in [1.82, 2.24) is 4.98 Å². The van der Waals surface area contributed by atoms with Crippen molar-refractivity contribution in [2.75, 3.05) is 0 Å². The van der Waals surface area contributed by atoms with Gasteiger partial charge in [-0.3, -0.25) is 4.98 Å². The molecule has 1 aromatic carbocycles. The number of nitrogens with zero attached hydrogens (tertiary/aromatic N) is 1. The van der Waals surface area contributed by atoms with Crippen LogP contribution in [-0.2, 0) is 0 Å². The summed E-state index contributed by atoms with van der Waals surface area (Å²) in [5.74, 6) is 0. The molecular weight excluding hydrogens is 332 g/mol. The van der Waals surface area contributed by atoms with Crippen LogP contribution in [0, 0.1) is 13.8 Å². The Bertz CT molecular complexity index is 760. The van der Waals surface area contributed by atoms with Crippen LogP contribution in [0.4, 0.5) is 0 Å². The fourth-order valence-corrected chi connectivity index (χ4v) is 3.84. The topological polar surface area (TPSA) is 38.9 Å². The molecule has 0 amide bonds. The third-order valence-electron chi connectivity index (χ3n) is 3.39. The highest BCUT2D eigenvalue weighted by molar-refractivity contribution is 9.11. The molecule has 0 saturated heterocycles. The Labute approximate surface area is 130 Å². The molecule has 1 unspecified atom stereocenters. The molecule has 4 heteroatoms. The lowest BCUT2D eigenvalue weighted by Gasteiger charge is -2.11. The number of aromatic nitrogens is 1. The summed E-state index contributed by atoms with van der Waals surface area (Å²) in [6, 6.07) is 12.4. The van der Waals surface area contributed by atoms with Crippen LogP contribution < -0.4 is 5.73 Å². The summed E-state index contributed by atoms with van der Waals surface area (Å²) in [5.41, 5.74) is 10.8. The molecule has 3 rings (SSSR count). The molecule has 0 aliphatic rings. The molecule has 3 aromatic rings. The maximum atomic E-state index is 6.39. The third kappa shape index (κ3) is 2.51. The number of hydrogen-bond donors (Lipinski definition) is 1. The summed E-state index contributed by atoms with van der Waals surface area (Å²) in [6.45, 7) is 4.09. The average Bonchev–Trinajstić information content (AvgIpc) is 2.77. The summed E-state index contributed by atoms with van der Waals surface area (Å²) in [4.78, 5) is 5.70. The maximum absolute atomic E-state index is 6.39. The van der Waals surface area contributed by atoms with Gasteiger partial charge in [-0.15, -0.1) is 11.3 Å². The van der Waals surface area contributed by atoms with Crippen molar-refractivity contribution < 1.29 is 0 Å². The first kappa shape index (κ1) is 13.7. The number of halogens is 1. The molecule has 0 aliphatic carbocycles. The second-order valence-electron chi connectivity index (χ2n) is 4.99. The number of nitrogens with two attached hydrogens (primary N) is 1. The number of hydrogen-bond acceptors (Lipinski definition) is 3. The first-order valence-corrected chi connectivity index (χ1v) is 8.04. The second kappa shape index (κ2) is 5.28. The summed E-state index contributed by atoms with van der Waals surface area (Å²) in [6.07, 6.45) is 0. The van der Waals surface area contributed by atoms with Gasteiger partial charge < -0.3 is 5.73 Å². The maximum Gasteiger partial charge on any atom is 0.0731 e. The predicted octanol–water partition coefficient (Wildman–Crippen LogP) is 4.72. The van der Waals surface area contributed by atoms with Crippen LogP contribution >= 0.6 is 27.3 Å². The number of thiophene rings is 1. The van der Waals surface area contributed by atoms with Crippen LogP contribution in [-0.4, -0.2) is 4.98 Å². The van der Waals surface area contributed by atoms with Crippen LogP contribution in [0.15, 0.2) is 40.2 Å². The van der Waals surface area contributed by atoms with Crippen molar-refractivity contribution in [3.63, 3.8) is 0 Å². The van der Waals surface area contributed by atoms with Crippen molar-refractivity contribution in [2.45, 2.75) is 19.9 Å². The largest absolute Gasteiger partial charge is 0.320 e. The summed E-state index contributed by atoms with van der Waals surface area (Å²) in [5, 5.41) is 1.14. The van der Waals surface area contributed by atoms with Gasteiger partial charge in [-0.05, 0) is 65.2 Å². The van der Waals surface area contributed by atoms with Gasteiger partial charge in [-0.1, -0.05) is 12.1 Å². The van der Waals surface area contributed by atoms with Gasteiger partial charge in [0.05, 0.1) is 15.3 Å². The number of pyridine rings is 1. The van der Waals surface area contributed by atoms with Gasteiger partial charge in [0.25, 0.3) is 0 Å². The molecular formula is C16H15BrN2S. The molecule has 0 radical (unpaired) electrons. The Morgan fingerprint density at radius 2 is 1.95 bits per heavy atom. The lowest BCUT2D eigenvalue weighted by atomic mass is 10.0. The van der Waals surface area contributed by atoms with Crippen molar-refractivity contribution in [3.8, 4) is 0 Å². The Morgan fingerprint density at radius 3 is 2.65 bits per heavy atom. The monoisotopic (exact) mass is 346 g/mol. The van der Waals surface area contributed by atoms with Gasteiger partial charge in [0, 0.05) is 16.0 Å². The molecule has 0 fully saturated rings. The standard InChI is InChI=1S/C16H15BrN2S/c1-9-7-14(20-16(9)17)15(18)12-5-6-13-11(8-12)4-3-10(2)19-13/h3-8,15H,18H2,1-2H3. The minimum absolute atomic E-state index is 0.0873. The SMILES string of the molecule is Cc1ccc2cc(C(N)c3cc(C)c(Br)s3)ccc2n1. The fourth-order valence-electron chi connectivity index (χ4n) is 2.24. The molecule has 2 N–H and O–H groups in total. The van der Waals surface area contributed by atoms with Gasteiger partial charge in [-0.25, -0.2) is 0 Å².